The lowest BCUT2D eigenvalue weighted by Gasteiger charge is -2.19. The van der Waals surface area contributed by atoms with E-state index in [0.29, 0.717) is 20.8 Å². The Balaban J connectivity index is 2.13. The van der Waals surface area contributed by atoms with Gasteiger partial charge in [-0.25, -0.2) is 0 Å². The maximum Gasteiger partial charge on any atom is 0.316 e. The van der Waals surface area contributed by atoms with Gasteiger partial charge < -0.3 is 4.74 Å². The molecule has 0 amide bonds. The first kappa shape index (κ1) is 15.4. The van der Waals surface area contributed by atoms with Gasteiger partial charge in [0.2, 0.25) is 0 Å². The van der Waals surface area contributed by atoms with E-state index in [2.05, 4.69) is 10.2 Å². The van der Waals surface area contributed by atoms with Crippen LogP contribution in [0.2, 0.25) is 10.0 Å². The number of pyridine rings is 1. The summed E-state index contributed by atoms with van der Waals surface area (Å²) in [4.78, 5) is 11.7. The summed E-state index contributed by atoms with van der Waals surface area (Å²) < 4.78 is 6.88. The molecule has 0 fully saturated rings. The minimum absolute atomic E-state index is 0.141. The first-order valence-corrected chi connectivity index (χ1v) is 7.55. The van der Waals surface area contributed by atoms with Crippen LogP contribution in [-0.2, 0) is 9.53 Å². The molecular weight excluding hydrogens is 321 g/mol. The highest BCUT2D eigenvalue weighted by atomic mass is 35.5. The van der Waals surface area contributed by atoms with Gasteiger partial charge in [0.25, 0.3) is 0 Å². The van der Waals surface area contributed by atoms with Crippen LogP contribution in [0.5, 0.6) is 0 Å². The van der Waals surface area contributed by atoms with Gasteiger partial charge in [-0.3, -0.25) is 9.20 Å². The zero-order chi connectivity index (χ0) is 14.9. The van der Waals surface area contributed by atoms with Crippen molar-refractivity contribution in [3.8, 4) is 0 Å². The summed E-state index contributed by atoms with van der Waals surface area (Å²) in [6, 6.07) is 1.59. The fraction of sp³-hybridized carbons (Fsp3) is 0.417. The maximum absolute atomic E-state index is 11.7. The summed E-state index contributed by atoms with van der Waals surface area (Å²) in [5, 5.41) is 9.37. The number of halogens is 2. The highest BCUT2D eigenvalue weighted by Crippen LogP contribution is 2.25. The lowest BCUT2D eigenvalue weighted by molar-refractivity contribution is -0.151. The number of ether oxygens (including phenoxy) is 1. The van der Waals surface area contributed by atoms with Gasteiger partial charge in [-0.2, -0.15) is 0 Å². The first-order chi connectivity index (χ1) is 9.26. The quantitative estimate of drug-likeness (QED) is 0.635. The van der Waals surface area contributed by atoms with E-state index >= 15 is 0 Å². The van der Waals surface area contributed by atoms with Crippen molar-refractivity contribution in [3.05, 3.63) is 22.3 Å². The Hall–Kier alpha value is -0.980. The maximum atomic E-state index is 11.7. The molecule has 2 rings (SSSR count). The van der Waals surface area contributed by atoms with Crippen LogP contribution in [0, 0.1) is 0 Å². The van der Waals surface area contributed by atoms with Crippen LogP contribution in [0.1, 0.15) is 20.8 Å². The van der Waals surface area contributed by atoms with E-state index in [1.807, 2.05) is 20.8 Å². The second-order valence-corrected chi connectivity index (χ2v) is 6.84. The molecule has 0 unspecified atom stereocenters. The van der Waals surface area contributed by atoms with E-state index in [1.165, 1.54) is 11.8 Å². The molecule has 2 heterocycles. The molecule has 5 nitrogen and oxygen atoms in total. The fourth-order valence-electron chi connectivity index (χ4n) is 1.50. The molecule has 108 valence electrons. The predicted octanol–water partition coefficient (Wildman–Crippen LogP) is 3.47. The van der Waals surface area contributed by atoms with Crippen molar-refractivity contribution in [2.24, 2.45) is 0 Å². The minimum Gasteiger partial charge on any atom is -0.459 e. The summed E-state index contributed by atoms with van der Waals surface area (Å²) in [5.41, 5.74) is -0.000256. The van der Waals surface area contributed by atoms with Gasteiger partial charge in [0.05, 0.1) is 15.8 Å². The van der Waals surface area contributed by atoms with E-state index in [1.54, 1.807) is 16.7 Å². The molecule has 0 aliphatic rings. The van der Waals surface area contributed by atoms with Crippen LogP contribution in [0.15, 0.2) is 17.4 Å². The Morgan fingerprint density at radius 1 is 1.40 bits per heavy atom. The van der Waals surface area contributed by atoms with E-state index in [4.69, 9.17) is 27.9 Å². The van der Waals surface area contributed by atoms with Gasteiger partial charge >= 0.3 is 5.97 Å². The lowest BCUT2D eigenvalue weighted by atomic mass is 10.2. The van der Waals surface area contributed by atoms with Crippen LogP contribution in [-0.4, -0.2) is 31.9 Å². The Labute approximate surface area is 130 Å². The molecule has 0 atom stereocenters. The normalized spacial score (nSPS) is 11.8. The molecule has 0 bridgehead atoms. The van der Waals surface area contributed by atoms with Crippen molar-refractivity contribution >= 4 is 46.6 Å². The zero-order valence-electron chi connectivity index (χ0n) is 11.2. The van der Waals surface area contributed by atoms with Crippen LogP contribution in [0.4, 0.5) is 0 Å². The van der Waals surface area contributed by atoms with Crippen LogP contribution >= 0.6 is 35.0 Å². The average Bonchev–Trinajstić information content (AvgIpc) is 2.67. The number of hydrogen-bond acceptors (Lipinski definition) is 5. The Kier molecular flexibility index (Phi) is 4.46. The highest BCUT2D eigenvalue weighted by molar-refractivity contribution is 7.99. The number of carbonyl (C=O) groups is 1. The lowest BCUT2D eigenvalue weighted by Crippen LogP contribution is -2.24. The fourth-order valence-corrected chi connectivity index (χ4v) is 2.69. The molecular formula is C12H13Cl2N3O2S. The molecule has 0 aromatic carbocycles. The van der Waals surface area contributed by atoms with E-state index < -0.39 is 5.60 Å². The second kappa shape index (κ2) is 5.79. The van der Waals surface area contributed by atoms with Crippen molar-refractivity contribution in [2.45, 2.75) is 31.5 Å². The number of carbonyl (C=O) groups excluding carboxylic acids is 1. The molecule has 2 aromatic rings. The van der Waals surface area contributed by atoms with Crippen LogP contribution in [0.25, 0.3) is 5.65 Å². The molecule has 0 saturated heterocycles. The average molecular weight is 334 g/mol. The Morgan fingerprint density at radius 3 is 2.75 bits per heavy atom. The van der Waals surface area contributed by atoms with Crippen LogP contribution in [0.3, 0.4) is 0 Å². The summed E-state index contributed by atoms with van der Waals surface area (Å²) in [5.74, 6) is -0.172. The number of esters is 1. The molecule has 0 aliphatic heterocycles. The minimum atomic E-state index is -0.503. The van der Waals surface area contributed by atoms with E-state index in [0.717, 1.165) is 0 Å². The number of hydrogen-bond donors (Lipinski definition) is 0. The number of nitrogens with zero attached hydrogens (tertiary/aromatic N) is 3. The molecule has 0 saturated carbocycles. The largest absolute Gasteiger partial charge is 0.459 e. The van der Waals surface area contributed by atoms with Gasteiger partial charge in [-0.05, 0) is 26.8 Å². The van der Waals surface area contributed by atoms with Gasteiger partial charge in [-0.15, -0.1) is 10.2 Å². The van der Waals surface area contributed by atoms with Crippen molar-refractivity contribution in [3.63, 3.8) is 0 Å². The zero-order valence-corrected chi connectivity index (χ0v) is 13.5. The monoisotopic (exact) mass is 333 g/mol. The smallest absolute Gasteiger partial charge is 0.316 e. The third kappa shape index (κ3) is 3.77. The predicted molar refractivity (Wildman–Crippen MR) is 79.6 cm³/mol. The summed E-state index contributed by atoms with van der Waals surface area (Å²) >= 11 is 13.2. The van der Waals surface area contributed by atoms with Crippen molar-refractivity contribution in [1.82, 2.24) is 14.6 Å². The van der Waals surface area contributed by atoms with Gasteiger partial charge in [-0.1, -0.05) is 35.0 Å². The van der Waals surface area contributed by atoms with E-state index in [9.17, 15) is 4.79 Å². The topological polar surface area (TPSA) is 56.5 Å². The van der Waals surface area contributed by atoms with Gasteiger partial charge in [0, 0.05) is 6.20 Å². The number of rotatable bonds is 3. The summed E-state index contributed by atoms with van der Waals surface area (Å²) in [6.45, 7) is 5.46. The second-order valence-electron chi connectivity index (χ2n) is 5.06. The third-order valence-corrected chi connectivity index (χ3v) is 3.54. The Morgan fingerprint density at radius 2 is 2.10 bits per heavy atom. The summed E-state index contributed by atoms with van der Waals surface area (Å²) in [7, 11) is 0. The number of aromatic nitrogens is 3. The molecule has 20 heavy (non-hydrogen) atoms. The van der Waals surface area contributed by atoms with Crippen molar-refractivity contribution in [1.29, 1.82) is 0 Å². The van der Waals surface area contributed by atoms with Crippen molar-refractivity contribution in [2.75, 3.05) is 5.75 Å². The molecule has 0 spiro atoms. The molecule has 0 radical (unpaired) electrons. The first-order valence-electron chi connectivity index (χ1n) is 5.81. The SMILES string of the molecule is CC(C)(C)OC(=O)CSc1nnc2c(Cl)cc(Cl)cn12. The van der Waals surface area contributed by atoms with Crippen LogP contribution < -0.4 is 0 Å². The highest BCUT2D eigenvalue weighted by Gasteiger charge is 2.18. The molecule has 8 heteroatoms. The molecule has 0 aliphatic carbocycles. The third-order valence-electron chi connectivity index (χ3n) is 2.13. The molecule has 2 aromatic heterocycles. The summed E-state index contributed by atoms with van der Waals surface area (Å²) in [6.07, 6.45) is 1.65. The van der Waals surface area contributed by atoms with Gasteiger partial charge in [0.1, 0.15) is 5.60 Å². The Bertz CT molecular complexity index is 652. The van der Waals surface area contributed by atoms with Gasteiger partial charge in [0.15, 0.2) is 10.8 Å². The molecule has 0 N–H and O–H groups in total. The number of thioether (sulfide) groups is 1. The van der Waals surface area contributed by atoms with E-state index in [-0.39, 0.29) is 11.7 Å². The number of fused-ring (bicyclic) bond motifs is 1. The standard InChI is InChI=1S/C12H13Cl2N3O2S/c1-12(2,3)19-9(18)6-20-11-16-15-10-8(14)4-7(13)5-17(10)11/h4-5H,6H2,1-3H3. The van der Waals surface area contributed by atoms with Crippen molar-refractivity contribution < 1.29 is 9.53 Å².